The summed E-state index contributed by atoms with van der Waals surface area (Å²) in [6.45, 7) is 7.11. The van der Waals surface area contributed by atoms with Gasteiger partial charge in [0.25, 0.3) is 0 Å². The van der Waals surface area contributed by atoms with Crippen LogP contribution in [0.5, 0.6) is 0 Å². The van der Waals surface area contributed by atoms with Crippen molar-refractivity contribution in [3.8, 4) is 0 Å². The number of hydrogen-bond donors (Lipinski definition) is 0. The summed E-state index contributed by atoms with van der Waals surface area (Å²) in [6.07, 6.45) is 8.63. The molecule has 1 radical (unpaired) electrons. The van der Waals surface area contributed by atoms with Gasteiger partial charge in [0, 0.05) is 8.80 Å². The molecule has 0 aromatic rings. The van der Waals surface area contributed by atoms with Crippen LogP contribution in [0.3, 0.4) is 0 Å². The van der Waals surface area contributed by atoms with E-state index < -0.39 is 0 Å². The van der Waals surface area contributed by atoms with Crippen LogP contribution in [0.15, 0.2) is 0 Å². The average molecular weight is 232 g/mol. The first-order valence-corrected chi connectivity index (χ1v) is 10.00. The number of unbranched alkanes of at least 4 members (excludes halogenated alkanes) is 5. The van der Waals surface area contributed by atoms with E-state index in [1.165, 1.54) is 56.1 Å². The van der Waals surface area contributed by atoms with Gasteiger partial charge >= 0.3 is 0 Å². The van der Waals surface area contributed by atoms with Crippen LogP contribution in [0.4, 0.5) is 0 Å². The first-order valence-electron chi connectivity index (χ1n) is 6.14. The minimum Gasteiger partial charge on any atom is -0.162 e. The van der Waals surface area contributed by atoms with Gasteiger partial charge < -0.3 is 0 Å². The number of hydrogen-bond acceptors (Lipinski definition) is 1. The van der Waals surface area contributed by atoms with E-state index in [0.29, 0.717) is 0 Å². The summed E-state index contributed by atoms with van der Waals surface area (Å²) in [4.78, 5) is 0. The van der Waals surface area contributed by atoms with Crippen molar-refractivity contribution < 1.29 is 0 Å². The van der Waals surface area contributed by atoms with Gasteiger partial charge in [-0.3, -0.25) is 0 Å². The lowest BCUT2D eigenvalue weighted by Gasteiger charge is -2.03. The molecule has 0 atom stereocenters. The van der Waals surface area contributed by atoms with E-state index in [-0.39, 0.29) is 8.80 Å². The second kappa shape index (κ2) is 11.6. The molecule has 0 aliphatic rings. The molecule has 0 saturated carbocycles. The molecule has 0 unspecified atom stereocenters. The van der Waals surface area contributed by atoms with Crippen molar-refractivity contribution in [1.82, 2.24) is 0 Å². The van der Waals surface area contributed by atoms with Crippen molar-refractivity contribution in [2.75, 3.05) is 11.5 Å². The maximum absolute atomic E-state index is 2.41. The molecule has 0 rings (SSSR count). The van der Waals surface area contributed by atoms with E-state index >= 15 is 0 Å². The molecule has 0 nitrogen and oxygen atoms in total. The van der Waals surface area contributed by atoms with E-state index in [1.807, 2.05) is 0 Å². The summed E-state index contributed by atoms with van der Waals surface area (Å²) in [5.74, 6) is 2.82. The normalized spacial score (nSPS) is 11.1. The van der Waals surface area contributed by atoms with Gasteiger partial charge in [0.2, 0.25) is 0 Å². The lowest BCUT2D eigenvalue weighted by molar-refractivity contribution is 0.627. The molecule has 0 N–H and O–H groups in total. The molecule has 14 heavy (non-hydrogen) atoms. The second-order valence-corrected chi connectivity index (χ2v) is 8.48. The SMILES string of the molecule is CCCCCCCCSCC[Si](C)C. The largest absolute Gasteiger partial charge is 0.162 e. The summed E-state index contributed by atoms with van der Waals surface area (Å²) in [5.41, 5.74) is 0. The van der Waals surface area contributed by atoms with Crippen LogP contribution in [0.2, 0.25) is 19.1 Å². The quantitative estimate of drug-likeness (QED) is 0.383. The predicted molar refractivity (Wildman–Crippen MR) is 73.0 cm³/mol. The van der Waals surface area contributed by atoms with E-state index in [9.17, 15) is 0 Å². The lowest BCUT2D eigenvalue weighted by atomic mass is 10.1. The Morgan fingerprint density at radius 1 is 0.857 bits per heavy atom. The summed E-state index contributed by atoms with van der Waals surface area (Å²) in [6, 6.07) is 1.49. The molecule has 85 valence electrons. The fraction of sp³-hybridized carbons (Fsp3) is 1.00. The zero-order chi connectivity index (χ0) is 10.6. The van der Waals surface area contributed by atoms with Gasteiger partial charge in [-0.25, -0.2) is 0 Å². The van der Waals surface area contributed by atoms with Gasteiger partial charge in [0.1, 0.15) is 0 Å². The first-order chi connectivity index (χ1) is 6.77. The Balaban J connectivity index is 2.85. The van der Waals surface area contributed by atoms with E-state index in [0.717, 1.165) is 0 Å². The van der Waals surface area contributed by atoms with Crippen molar-refractivity contribution in [1.29, 1.82) is 0 Å². The Kier molecular flexibility index (Phi) is 12.1. The van der Waals surface area contributed by atoms with Crippen LogP contribution in [-0.4, -0.2) is 20.3 Å². The van der Waals surface area contributed by atoms with Gasteiger partial charge in [0.05, 0.1) is 0 Å². The van der Waals surface area contributed by atoms with Crippen LogP contribution in [-0.2, 0) is 0 Å². The van der Waals surface area contributed by atoms with Gasteiger partial charge in [-0.2, -0.15) is 11.8 Å². The highest BCUT2D eigenvalue weighted by Gasteiger charge is 1.96. The highest BCUT2D eigenvalue weighted by atomic mass is 32.2. The molecule has 0 aliphatic heterocycles. The molecule has 0 fully saturated rings. The predicted octanol–water partition coefficient (Wildman–Crippen LogP) is 4.83. The zero-order valence-electron chi connectivity index (χ0n) is 10.3. The lowest BCUT2D eigenvalue weighted by Crippen LogP contribution is -2.00. The summed E-state index contributed by atoms with van der Waals surface area (Å²) >= 11 is 2.17. The third-order valence-electron chi connectivity index (χ3n) is 2.39. The third-order valence-corrected chi connectivity index (χ3v) is 5.07. The zero-order valence-corrected chi connectivity index (χ0v) is 12.1. The van der Waals surface area contributed by atoms with Crippen molar-refractivity contribution >= 4 is 20.6 Å². The van der Waals surface area contributed by atoms with Crippen LogP contribution < -0.4 is 0 Å². The molecule has 0 aromatic carbocycles. The van der Waals surface area contributed by atoms with Crippen molar-refractivity contribution in [2.24, 2.45) is 0 Å². The van der Waals surface area contributed by atoms with Gasteiger partial charge in [-0.1, -0.05) is 58.2 Å². The Labute approximate surface area is 96.9 Å². The van der Waals surface area contributed by atoms with Crippen LogP contribution in [0.25, 0.3) is 0 Å². The molecule has 0 bridgehead atoms. The fourth-order valence-electron chi connectivity index (χ4n) is 1.36. The number of thioether (sulfide) groups is 1. The van der Waals surface area contributed by atoms with Crippen molar-refractivity contribution in [2.45, 2.75) is 64.6 Å². The molecule has 0 spiro atoms. The van der Waals surface area contributed by atoms with Gasteiger partial charge in [0.15, 0.2) is 0 Å². The molecule has 0 aromatic heterocycles. The van der Waals surface area contributed by atoms with Gasteiger partial charge in [-0.15, -0.1) is 0 Å². The van der Waals surface area contributed by atoms with Crippen molar-refractivity contribution in [3.63, 3.8) is 0 Å². The minimum absolute atomic E-state index is 0.0402. The summed E-state index contributed by atoms with van der Waals surface area (Å²) in [5, 5.41) is 0. The molecule has 2 heteroatoms. The number of rotatable bonds is 10. The second-order valence-electron chi connectivity index (χ2n) is 4.34. The standard InChI is InChI=1S/C12H27SSi/c1-4-5-6-7-8-9-10-13-11-12-14(2)3/h4-12H2,1-3H3. The summed E-state index contributed by atoms with van der Waals surface area (Å²) in [7, 11) is 0.0402. The van der Waals surface area contributed by atoms with Crippen LogP contribution in [0.1, 0.15) is 45.4 Å². The topological polar surface area (TPSA) is 0 Å². The van der Waals surface area contributed by atoms with E-state index in [4.69, 9.17) is 0 Å². The molecule has 0 aliphatic carbocycles. The maximum atomic E-state index is 2.41. The maximum Gasteiger partial charge on any atom is 0.0421 e. The Morgan fingerprint density at radius 2 is 1.50 bits per heavy atom. The highest BCUT2D eigenvalue weighted by molar-refractivity contribution is 7.99. The third kappa shape index (κ3) is 12.6. The average Bonchev–Trinajstić information content (AvgIpc) is 2.15. The van der Waals surface area contributed by atoms with E-state index in [2.05, 4.69) is 31.8 Å². The fourth-order valence-corrected chi connectivity index (χ4v) is 4.19. The molecule has 0 amide bonds. The van der Waals surface area contributed by atoms with Gasteiger partial charge in [-0.05, 0) is 17.9 Å². The molecular weight excluding hydrogens is 204 g/mol. The van der Waals surface area contributed by atoms with Crippen LogP contribution in [0, 0.1) is 0 Å². The van der Waals surface area contributed by atoms with Crippen molar-refractivity contribution in [3.05, 3.63) is 0 Å². The van der Waals surface area contributed by atoms with Crippen LogP contribution >= 0.6 is 11.8 Å². The Hall–Kier alpha value is 0.567. The minimum atomic E-state index is 0.0402. The monoisotopic (exact) mass is 231 g/mol. The smallest absolute Gasteiger partial charge is 0.0421 e. The first kappa shape index (κ1) is 14.6. The highest BCUT2D eigenvalue weighted by Crippen LogP contribution is 2.11. The van der Waals surface area contributed by atoms with E-state index in [1.54, 1.807) is 0 Å². The molecular formula is C12H27SSi. The summed E-state index contributed by atoms with van der Waals surface area (Å²) < 4.78 is 0. The Morgan fingerprint density at radius 3 is 2.14 bits per heavy atom. The molecule has 0 heterocycles. The Bertz CT molecular complexity index is 104. The molecule has 0 saturated heterocycles.